The third-order valence-corrected chi connectivity index (χ3v) is 3.76. The highest BCUT2D eigenvalue weighted by Crippen LogP contribution is 2.31. The minimum atomic E-state index is -0.447. The maximum atomic E-state index is 5.76. The van der Waals surface area contributed by atoms with E-state index < -0.39 is 5.60 Å². The van der Waals surface area contributed by atoms with Gasteiger partial charge in [0.1, 0.15) is 5.60 Å². The first kappa shape index (κ1) is 15.1. The van der Waals surface area contributed by atoms with Crippen LogP contribution in [0.5, 0.6) is 0 Å². The molecule has 1 rings (SSSR count). The van der Waals surface area contributed by atoms with Crippen LogP contribution in [-0.2, 0) is 10.3 Å². The molecule has 0 aromatic carbocycles. The molecule has 1 unspecified atom stereocenters. The predicted octanol–water partition coefficient (Wildman–Crippen LogP) is 2.43. The molecule has 1 heterocycles. The van der Waals surface area contributed by atoms with Crippen molar-refractivity contribution in [1.29, 1.82) is 0 Å². The van der Waals surface area contributed by atoms with Gasteiger partial charge in [0.05, 0.1) is 5.92 Å². The van der Waals surface area contributed by atoms with Crippen molar-refractivity contribution in [3.63, 3.8) is 0 Å². The van der Waals surface area contributed by atoms with E-state index in [1.807, 2.05) is 0 Å². The molecule has 5 nitrogen and oxygen atoms in total. The van der Waals surface area contributed by atoms with Crippen LogP contribution in [0.3, 0.4) is 0 Å². The lowest BCUT2D eigenvalue weighted by atomic mass is 9.94. The molecular formula is C13H25N3O2. The van der Waals surface area contributed by atoms with Crippen LogP contribution in [-0.4, -0.2) is 23.8 Å². The van der Waals surface area contributed by atoms with Gasteiger partial charge in [-0.3, -0.25) is 0 Å². The highest BCUT2D eigenvalue weighted by molar-refractivity contribution is 5.04. The minimum Gasteiger partial charge on any atom is -0.370 e. The highest BCUT2D eigenvalue weighted by atomic mass is 16.5. The first-order valence-electron chi connectivity index (χ1n) is 6.63. The van der Waals surface area contributed by atoms with Gasteiger partial charge < -0.3 is 15.0 Å². The van der Waals surface area contributed by atoms with E-state index in [9.17, 15) is 0 Å². The number of rotatable bonds is 7. The Kier molecular flexibility index (Phi) is 5.28. The zero-order valence-electron chi connectivity index (χ0n) is 12.1. The van der Waals surface area contributed by atoms with Crippen molar-refractivity contribution in [2.75, 3.05) is 13.7 Å². The molecule has 0 aliphatic carbocycles. The molecule has 0 saturated carbocycles. The van der Waals surface area contributed by atoms with Gasteiger partial charge >= 0.3 is 0 Å². The molecule has 0 spiro atoms. The molecule has 1 atom stereocenters. The summed E-state index contributed by atoms with van der Waals surface area (Å²) < 4.78 is 11.0. The van der Waals surface area contributed by atoms with Gasteiger partial charge in [-0.25, -0.2) is 0 Å². The fraction of sp³-hybridized carbons (Fsp3) is 0.846. The van der Waals surface area contributed by atoms with Gasteiger partial charge in [0.2, 0.25) is 11.7 Å². The summed E-state index contributed by atoms with van der Waals surface area (Å²) in [6, 6.07) is 0. The van der Waals surface area contributed by atoms with E-state index in [4.69, 9.17) is 15.0 Å². The smallest absolute Gasteiger partial charge is 0.231 e. The van der Waals surface area contributed by atoms with E-state index in [0.717, 1.165) is 12.8 Å². The van der Waals surface area contributed by atoms with Crippen molar-refractivity contribution in [1.82, 2.24) is 10.1 Å². The monoisotopic (exact) mass is 255 g/mol. The summed E-state index contributed by atoms with van der Waals surface area (Å²) >= 11 is 0. The molecule has 0 radical (unpaired) electrons. The van der Waals surface area contributed by atoms with E-state index in [0.29, 0.717) is 24.2 Å². The first-order chi connectivity index (χ1) is 8.54. The van der Waals surface area contributed by atoms with Gasteiger partial charge in [0.15, 0.2) is 0 Å². The summed E-state index contributed by atoms with van der Waals surface area (Å²) in [5, 5.41) is 4.09. The average molecular weight is 255 g/mol. The molecule has 18 heavy (non-hydrogen) atoms. The normalized spacial score (nSPS) is 14.2. The van der Waals surface area contributed by atoms with Crippen molar-refractivity contribution in [3.05, 3.63) is 11.7 Å². The number of ether oxygens (including phenoxy) is 1. The Morgan fingerprint density at radius 2 is 1.94 bits per heavy atom. The summed E-state index contributed by atoms with van der Waals surface area (Å²) in [5.74, 6) is 1.73. The number of nitrogens with two attached hydrogens (primary N) is 1. The second kappa shape index (κ2) is 6.29. The van der Waals surface area contributed by atoms with E-state index in [2.05, 4.69) is 37.8 Å². The third-order valence-electron chi connectivity index (χ3n) is 3.76. The Labute approximate surface area is 109 Å². The summed E-state index contributed by atoms with van der Waals surface area (Å²) in [4.78, 5) is 4.50. The van der Waals surface area contributed by atoms with Crippen LogP contribution in [0.2, 0.25) is 0 Å². The Balaban J connectivity index is 3.04. The molecule has 0 aliphatic rings. The molecule has 0 aliphatic heterocycles. The van der Waals surface area contributed by atoms with Gasteiger partial charge in [-0.1, -0.05) is 32.9 Å². The SMILES string of the molecule is CCC(CC)(OC)c1noc(C(CN)C(C)C)n1. The molecule has 5 heteroatoms. The molecule has 0 saturated heterocycles. The Morgan fingerprint density at radius 1 is 1.33 bits per heavy atom. The van der Waals surface area contributed by atoms with Crippen LogP contribution in [0.15, 0.2) is 4.52 Å². The number of aromatic nitrogens is 2. The van der Waals surface area contributed by atoms with Gasteiger partial charge in [-0.2, -0.15) is 4.98 Å². The molecule has 1 aromatic rings. The van der Waals surface area contributed by atoms with Crippen molar-refractivity contribution in [2.24, 2.45) is 11.7 Å². The van der Waals surface area contributed by atoms with Crippen LogP contribution < -0.4 is 5.73 Å². The maximum absolute atomic E-state index is 5.76. The summed E-state index contributed by atoms with van der Waals surface area (Å²) in [6.07, 6.45) is 1.63. The molecule has 0 bridgehead atoms. The maximum Gasteiger partial charge on any atom is 0.231 e. The standard InChI is InChI=1S/C13H25N3O2/c1-6-13(7-2,17-5)12-15-11(18-16-12)10(8-14)9(3)4/h9-10H,6-8,14H2,1-5H3. The molecule has 104 valence electrons. The topological polar surface area (TPSA) is 74.2 Å². The van der Waals surface area contributed by atoms with Crippen LogP contribution >= 0.6 is 0 Å². The van der Waals surface area contributed by atoms with Crippen molar-refractivity contribution in [2.45, 2.75) is 52.1 Å². The lowest BCUT2D eigenvalue weighted by Gasteiger charge is -2.26. The molecule has 0 fully saturated rings. The van der Waals surface area contributed by atoms with Crippen molar-refractivity contribution >= 4 is 0 Å². The Morgan fingerprint density at radius 3 is 2.33 bits per heavy atom. The van der Waals surface area contributed by atoms with Gasteiger partial charge in [0, 0.05) is 13.7 Å². The van der Waals surface area contributed by atoms with Crippen LogP contribution in [0.25, 0.3) is 0 Å². The lowest BCUT2D eigenvalue weighted by Crippen LogP contribution is -2.28. The second-order valence-electron chi connectivity index (χ2n) is 4.95. The number of methoxy groups -OCH3 is 1. The van der Waals surface area contributed by atoms with Gasteiger partial charge in [-0.15, -0.1) is 0 Å². The average Bonchev–Trinajstić information content (AvgIpc) is 2.83. The zero-order valence-corrected chi connectivity index (χ0v) is 12.1. The molecule has 0 amide bonds. The summed E-state index contributed by atoms with van der Waals surface area (Å²) in [5.41, 5.74) is 5.32. The van der Waals surface area contributed by atoms with Crippen molar-refractivity contribution < 1.29 is 9.26 Å². The molecular weight excluding hydrogens is 230 g/mol. The third kappa shape index (κ3) is 2.72. The van der Waals surface area contributed by atoms with Crippen LogP contribution in [0.4, 0.5) is 0 Å². The van der Waals surface area contributed by atoms with Gasteiger partial charge in [-0.05, 0) is 18.8 Å². The van der Waals surface area contributed by atoms with Crippen LogP contribution in [0.1, 0.15) is 58.2 Å². The van der Waals surface area contributed by atoms with E-state index in [1.165, 1.54) is 0 Å². The highest BCUT2D eigenvalue weighted by Gasteiger charge is 2.34. The quantitative estimate of drug-likeness (QED) is 0.810. The van der Waals surface area contributed by atoms with Gasteiger partial charge in [0.25, 0.3) is 0 Å². The fourth-order valence-corrected chi connectivity index (χ4v) is 2.18. The fourth-order valence-electron chi connectivity index (χ4n) is 2.18. The number of hydrogen-bond acceptors (Lipinski definition) is 5. The Bertz CT molecular complexity index is 351. The van der Waals surface area contributed by atoms with E-state index in [1.54, 1.807) is 7.11 Å². The largest absolute Gasteiger partial charge is 0.370 e. The second-order valence-corrected chi connectivity index (χ2v) is 4.95. The predicted molar refractivity (Wildman–Crippen MR) is 70.2 cm³/mol. The minimum absolute atomic E-state index is 0.106. The van der Waals surface area contributed by atoms with Crippen LogP contribution in [0, 0.1) is 5.92 Å². The lowest BCUT2D eigenvalue weighted by molar-refractivity contribution is -0.0306. The first-order valence-corrected chi connectivity index (χ1v) is 6.63. The van der Waals surface area contributed by atoms with E-state index in [-0.39, 0.29) is 5.92 Å². The summed E-state index contributed by atoms with van der Waals surface area (Å²) in [7, 11) is 1.69. The molecule has 2 N–H and O–H groups in total. The van der Waals surface area contributed by atoms with Crippen molar-refractivity contribution in [3.8, 4) is 0 Å². The number of nitrogens with zero attached hydrogens (tertiary/aromatic N) is 2. The Hall–Kier alpha value is -0.940. The van der Waals surface area contributed by atoms with E-state index >= 15 is 0 Å². The summed E-state index contributed by atoms with van der Waals surface area (Å²) in [6.45, 7) is 8.84. The molecule has 1 aromatic heterocycles. The number of hydrogen-bond donors (Lipinski definition) is 1. The zero-order chi connectivity index (χ0) is 13.8.